The van der Waals surface area contributed by atoms with Crippen LogP contribution in [0.5, 0.6) is 0 Å². The minimum absolute atomic E-state index is 0.00609. The molecule has 2 saturated heterocycles. The first-order valence-electron chi connectivity index (χ1n) is 11.8. The summed E-state index contributed by atoms with van der Waals surface area (Å²) < 4.78 is 45.8. The van der Waals surface area contributed by atoms with Gasteiger partial charge in [-0.3, -0.25) is 0 Å². The van der Waals surface area contributed by atoms with Gasteiger partial charge in [0.05, 0.1) is 5.56 Å². The van der Waals surface area contributed by atoms with E-state index in [0.717, 1.165) is 37.8 Å². The zero-order valence-corrected chi connectivity index (χ0v) is 19.5. The lowest BCUT2D eigenvalue weighted by Crippen LogP contribution is -2.50. The second-order valence-electron chi connectivity index (χ2n) is 10.4. The van der Waals surface area contributed by atoms with Crippen molar-refractivity contribution in [1.82, 2.24) is 10.1 Å². The Labute approximate surface area is 196 Å². The Kier molecular flexibility index (Phi) is 5.61. The van der Waals surface area contributed by atoms with E-state index in [4.69, 9.17) is 14.0 Å². The fourth-order valence-electron chi connectivity index (χ4n) is 5.07. The van der Waals surface area contributed by atoms with Crippen LogP contribution in [-0.4, -0.2) is 45.9 Å². The van der Waals surface area contributed by atoms with Gasteiger partial charge >= 0.3 is 12.1 Å². The first-order chi connectivity index (χ1) is 16.1. The van der Waals surface area contributed by atoms with Crippen LogP contribution < -0.4 is 0 Å². The second-order valence-corrected chi connectivity index (χ2v) is 10.4. The lowest BCUT2D eigenvalue weighted by molar-refractivity contribution is -0.0226. The molecule has 182 valence electrons. The van der Waals surface area contributed by atoms with Crippen molar-refractivity contribution < 1.29 is 32.4 Å². The number of amides is 1. The minimum Gasteiger partial charge on any atom is -0.458 e. The van der Waals surface area contributed by atoms with Gasteiger partial charge in [-0.1, -0.05) is 11.2 Å². The van der Waals surface area contributed by atoms with E-state index < -0.39 is 34.9 Å². The molecule has 7 nitrogen and oxygen atoms in total. The number of benzene rings is 1. The highest BCUT2D eigenvalue weighted by Gasteiger charge is 2.47. The van der Waals surface area contributed by atoms with Crippen LogP contribution in [0.4, 0.5) is 13.6 Å². The predicted octanol–water partition coefficient (Wildman–Crippen LogP) is 5.58. The molecule has 2 bridgehead atoms. The predicted molar refractivity (Wildman–Crippen MR) is 117 cm³/mol. The zero-order chi connectivity index (χ0) is 24.2. The summed E-state index contributed by atoms with van der Waals surface area (Å²) in [6.45, 7) is 5.48. The molecule has 0 spiro atoms. The number of carbonyl (C=O) groups is 2. The quantitative estimate of drug-likeness (QED) is 0.538. The second kappa shape index (κ2) is 8.36. The molecule has 0 N–H and O–H groups in total. The molecule has 3 aliphatic rings. The molecule has 2 aromatic rings. The summed E-state index contributed by atoms with van der Waals surface area (Å²) in [6.07, 6.45) is 3.43. The molecule has 1 aliphatic carbocycles. The van der Waals surface area contributed by atoms with Gasteiger partial charge in [-0.05, 0) is 58.6 Å². The molecule has 1 saturated carbocycles. The summed E-state index contributed by atoms with van der Waals surface area (Å²) in [5.74, 6) is -2.04. The van der Waals surface area contributed by atoms with E-state index in [1.807, 2.05) is 20.8 Å². The molecule has 2 aliphatic heterocycles. The van der Waals surface area contributed by atoms with Crippen LogP contribution in [0.3, 0.4) is 0 Å². The molecule has 34 heavy (non-hydrogen) atoms. The van der Waals surface area contributed by atoms with Gasteiger partial charge in [-0.15, -0.1) is 0 Å². The topological polar surface area (TPSA) is 81.9 Å². The molecule has 1 unspecified atom stereocenters. The number of nitrogens with zero attached hydrogens (tertiary/aromatic N) is 2. The van der Waals surface area contributed by atoms with Crippen LogP contribution in [0.1, 0.15) is 81.3 Å². The lowest BCUT2D eigenvalue weighted by Gasteiger charge is -2.39. The number of aromatic nitrogens is 1. The fourth-order valence-corrected chi connectivity index (χ4v) is 5.07. The minimum atomic E-state index is -0.826. The molecule has 3 atom stereocenters. The Morgan fingerprint density at radius 2 is 1.68 bits per heavy atom. The van der Waals surface area contributed by atoms with Crippen molar-refractivity contribution >= 4 is 12.1 Å². The number of hydrogen-bond acceptors (Lipinski definition) is 6. The smallest absolute Gasteiger partial charge is 0.410 e. The summed E-state index contributed by atoms with van der Waals surface area (Å²) in [5.41, 5.74) is -1.17. The Morgan fingerprint density at radius 3 is 2.24 bits per heavy atom. The van der Waals surface area contributed by atoms with Gasteiger partial charge in [0.15, 0.2) is 5.76 Å². The lowest BCUT2D eigenvalue weighted by atomic mass is 9.99. The first-order valence-corrected chi connectivity index (χ1v) is 11.8. The third-order valence-electron chi connectivity index (χ3n) is 6.64. The number of fused-ring (bicyclic) bond motifs is 2. The van der Waals surface area contributed by atoms with Gasteiger partial charge in [0.1, 0.15) is 34.6 Å². The van der Waals surface area contributed by atoms with E-state index in [1.165, 1.54) is 6.07 Å². The first kappa shape index (κ1) is 22.8. The highest BCUT2D eigenvalue weighted by atomic mass is 19.1. The van der Waals surface area contributed by atoms with Crippen molar-refractivity contribution in [1.29, 1.82) is 0 Å². The van der Waals surface area contributed by atoms with E-state index in [9.17, 15) is 18.4 Å². The summed E-state index contributed by atoms with van der Waals surface area (Å²) in [6, 6.07) is 3.31. The van der Waals surface area contributed by atoms with E-state index >= 15 is 0 Å². The molecule has 1 aromatic heterocycles. The number of rotatable bonds is 4. The zero-order valence-electron chi connectivity index (χ0n) is 19.5. The SMILES string of the molecule is CC(C)(C)OC(=O)N1C2CC[C@@H]1C[C@H](OC(=O)c1c(-c3c(F)cccc3F)noc1C1CC1)C2. The number of esters is 1. The molecule has 1 aromatic carbocycles. The molecule has 0 radical (unpaired) electrons. The van der Waals surface area contributed by atoms with Crippen LogP contribution in [-0.2, 0) is 9.47 Å². The maximum absolute atomic E-state index is 14.5. The summed E-state index contributed by atoms with van der Waals surface area (Å²) in [7, 11) is 0. The van der Waals surface area contributed by atoms with Crippen molar-refractivity contribution in [3.8, 4) is 11.3 Å². The molecule has 9 heteroatoms. The molecular formula is C25H28F2N2O5. The Balaban J connectivity index is 1.36. The van der Waals surface area contributed by atoms with E-state index in [0.29, 0.717) is 18.6 Å². The monoisotopic (exact) mass is 474 g/mol. The summed E-state index contributed by atoms with van der Waals surface area (Å²) in [5, 5.41) is 3.87. The normalized spacial score (nSPS) is 24.3. The van der Waals surface area contributed by atoms with Crippen LogP contribution in [0.15, 0.2) is 22.7 Å². The average Bonchev–Trinajstić information content (AvgIpc) is 3.43. The summed E-state index contributed by atoms with van der Waals surface area (Å²) in [4.78, 5) is 27.8. The van der Waals surface area contributed by atoms with Gasteiger partial charge in [0.25, 0.3) is 0 Å². The van der Waals surface area contributed by atoms with E-state index in [2.05, 4.69) is 5.16 Å². The number of carbonyl (C=O) groups excluding carboxylic acids is 2. The van der Waals surface area contributed by atoms with Crippen LogP contribution in [0.2, 0.25) is 0 Å². The van der Waals surface area contributed by atoms with Crippen molar-refractivity contribution in [2.24, 2.45) is 0 Å². The third kappa shape index (κ3) is 4.28. The van der Waals surface area contributed by atoms with Crippen LogP contribution in [0.25, 0.3) is 11.3 Å². The average molecular weight is 475 g/mol. The van der Waals surface area contributed by atoms with Crippen molar-refractivity contribution in [3.05, 3.63) is 41.2 Å². The van der Waals surface area contributed by atoms with Crippen molar-refractivity contribution in [2.75, 3.05) is 0 Å². The molecular weight excluding hydrogens is 446 g/mol. The van der Waals surface area contributed by atoms with Gasteiger partial charge in [0.2, 0.25) is 0 Å². The Hall–Kier alpha value is -2.97. The molecule has 1 amide bonds. The fraction of sp³-hybridized carbons (Fsp3) is 0.560. The van der Waals surface area contributed by atoms with Gasteiger partial charge in [-0.2, -0.15) is 0 Å². The molecule has 5 rings (SSSR count). The Bertz CT molecular complexity index is 1090. The number of halogens is 2. The Morgan fingerprint density at radius 1 is 1.06 bits per heavy atom. The molecule has 3 fully saturated rings. The number of ether oxygens (including phenoxy) is 2. The van der Waals surface area contributed by atoms with Crippen molar-refractivity contribution in [3.63, 3.8) is 0 Å². The number of piperidine rings is 1. The van der Waals surface area contributed by atoms with E-state index in [-0.39, 0.29) is 35.4 Å². The van der Waals surface area contributed by atoms with Crippen LogP contribution in [0, 0.1) is 11.6 Å². The highest BCUT2D eigenvalue weighted by Crippen LogP contribution is 2.45. The summed E-state index contributed by atoms with van der Waals surface area (Å²) >= 11 is 0. The number of hydrogen-bond donors (Lipinski definition) is 0. The highest BCUT2D eigenvalue weighted by molar-refractivity contribution is 5.97. The molecule has 3 heterocycles. The maximum Gasteiger partial charge on any atom is 0.410 e. The van der Waals surface area contributed by atoms with Gasteiger partial charge < -0.3 is 18.9 Å². The largest absolute Gasteiger partial charge is 0.458 e. The maximum atomic E-state index is 14.5. The van der Waals surface area contributed by atoms with Crippen LogP contribution >= 0.6 is 0 Å². The standard InChI is InChI=1S/C25H28F2N2O5/c1-25(2,3)33-24(31)29-14-9-10-15(29)12-16(11-14)32-23(30)20-21(28-34-22(20)13-7-8-13)19-17(26)5-4-6-18(19)27/h4-6,13-16H,7-12H2,1-3H3/t14-,15?,16+/m1/s1. The van der Waals surface area contributed by atoms with Gasteiger partial charge in [0, 0.05) is 30.8 Å². The van der Waals surface area contributed by atoms with Gasteiger partial charge in [-0.25, -0.2) is 18.4 Å². The van der Waals surface area contributed by atoms with E-state index in [1.54, 1.807) is 4.90 Å². The van der Waals surface area contributed by atoms with Crippen molar-refractivity contribution in [2.45, 2.75) is 89.0 Å². The third-order valence-corrected chi connectivity index (χ3v) is 6.64.